The fraction of sp³-hybridized carbons (Fsp3) is 0.182. The van der Waals surface area contributed by atoms with E-state index in [0.717, 1.165) is 11.8 Å². The summed E-state index contributed by atoms with van der Waals surface area (Å²) in [6.45, 7) is 1.76. The fourth-order valence-electron chi connectivity index (χ4n) is 2.80. The van der Waals surface area contributed by atoms with Gasteiger partial charge in [0.05, 0.1) is 31.4 Å². The third-order valence-corrected chi connectivity index (χ3v) is 5.23. The van der Waals surface area contributed by atoms with Crippen LogP contribution in [0.4, 0.5) is 10.1 Å². The van der Waals surface area contributed by atoms with Crippen molar-refractivity contribution in [3.8, 4) is 17.2 Å². The molecule has 0 spiro atoms. The number of hydrogen-bond donors (Lipinski definition) is 2. The smallest absolute Gasteiger partial charge is 0.344 e. The van der Waals surface area contributed by atoms with E-state index in [2.05, 4.69) is 4.99 Å². The van der Waals surface area contributed by atoms with Crippen LogP contribution in [0.15, 0.2) is 57.6 Å². The maximum atomic E-state index is 13.5. The number of aromatic hydroxyl groups is 1. The SMILES string of the molecule is CCOC(=O)C1=C(O)/C(=C\c2cc(OC)c(O)c(OC)c2)SC1=Nc1cccc(F)c1. The van der Waals surface area contributed by atoms with Crippen molar-refractivity contribution in [2.75, 3.05) is 20.8 Å². The molecule has 0 saturated carbocycles. The predicted octanol–water partition coefficient (Wildman–Crippen LogP) is 4.74. The molecule has 0 bridgehead atoms. The van der Waals surface area contributed by atoms with E-state index in [1.165, 1.54) is 32.4 Å². The van der Waals surface area contributed by atoms with Crippen LogP contribution >= 0.6 is 11.8 Å². The molecule has 2 N–H and O–H groups in total. The summed E-state index contributed by atoms with van der Waals surface area (Å²) in [4.78, 5) is 17.1. The Labute approximate surface area is 182 Å². The molecule has 0 aromatic heterocycles. The lowest BCUT2D eigenvalue weighted by atomic mass is 10.1. The van der Waals surface area contributed by atoms with Crippen LogP contribution < -0.4 is 9.47 Å². The quantitative estimate of drug-likeness (QED) is 0.620. The van der Waals surface area contributed by atoms with Gasteiger partial charge >= 0.3 is 5.97 Å². The molecular formula is C22H20FNO6S. The number of benzene rings is 2. The van der Waals surface area contributed by atoms with Crippen LogP contribution in [0.3, 0.4) is 0 Å². The number of carbonyl (C=O) groups is 1. The normalized spacial score (nSPS) is 16.1. The van der Waals surface area contributed by atoms with Gasteiger partial charge in [0.25, 0.3) is 0 Å². The Morgan fingerprint density at radius 2 is 1.84 bits per heavy atom. The molecule has 0 atom stereocenters. The van der Waals surface area contributed by atoms with Crippen LogP contribution in [0, 0.1) is 5.82 Å². The van der Waals surface area contributed by atoms with E-state index >= 15 is 0 Å². The van der Waals surface area contributed by atoms with Crippen LogP contribution in [0.1, 0.15) is 12.5 Å². The first-order valence-corrected chi connectivity index (χ1v) is 9.99. The van der Waals surface area contributed by atoms with Crippen molar-refractivity contribution >= 4 is 34.5 Å². The topological polar surface area (TPSA) is 97.6 Å². The molecule has 1 heterocycles. The fourth-order valence-corrected chi connectivity index (χ4v) is 3.84. The number of hydrogen-bond acceptors (Lipinski definition) is 8. The van der Waals surface area contributed by atoms with Crippen molar-refractivity contribution < 1.29 is 33.6 Å². The molecular weight excluding hydrogens is 425 g/mol. The molecule has 31 heavy (non-hydrogen) atoms. The maximum absolute atomic E-state index is 13.5. The van der Waals surface area contributed by atoms with Crippen LogP contribution in [0.5, 0.6) is 17.2 Å². The van der Waals surface area contributed by atoms with Crippen LogP contribution in [0.25, 0.3) is 6.08 Å². The number of methoxy groups -OCH3 is 2. The number of thioether (sulfide) groups is 1. The Morgan fingerprint density at radius 3 is 2.42 bits per heavy atom. The van der Waals surface area contributed by atoms with Crippen molar-refractivity contribution in [2.24, 2.45) is 4.99 Å². The first-order chi connectivity index (χ1) is 14.9. The molecule has 162 valence electrons. The Bertz CT molecular complexity index is 1080. The molecule has 0 amide bonds. The van der Waals surface area contributed by atoms with Gasteiger partial charge in [-0.1, -0.05) is 17.8 Å². The van der Waals surface area contributed by atoms with E-state index in [9.17, 15) is 19.4 Å². The molecule has 3 rings (SSSR count). The van der Waals surface area contributed by atoms with E-state index in [4.69, 9.17) is 14.2 Å². The Balaban J connectivity index is 2.09. The number of halogens is 1. The van der Waals surface area contributed by atoms with Gasteiger partial charge in [0.2, 0.25) is 5.75 Å². The molecule has 0 aliphatic carbocycles. The molecule has 0 radical (unpaired) electrons. The van der Waals surface area contributed by atoms with Crippen molar-refractivity contribution in [1.82, 2.24) is 0 Å². The van der Waals surface area contributed by atoms with Crippen LogP contribution in [-0.2, 0) is 9.53 Å². The molecule has 0 fully saturated rings. The van der Waals surface area contributed by atoms with Crippen molar-refractivity contribution in [3.05, 3.63) is 64.0 Å². The summed E-state index contributed by atoms with van der Waals surface area (Å²) in [5.41, 5.74) is 0.710. The molecule has 9 heteroatoms. The van der Waals surface area contributed by atoms with Gasteiger partial charge in [-0.3, -0.25) is 0 Å². The van der Waals surface area contributed by atoms with Crippen molar-refractivity contribution in [1.29, 1.82) is 0 Å². The zero-order valence-electron chi connectivity index (χ0n) is 17.0. The van der Waals surface area contributed by atoms with E-state index in [1.54, 1.807) is 31.2 Å². The first-order valence-electron chi connectivity index (χ1n) is 9.17. The Hall–Kier alpha value is -3.46. The summed E-state index contributed by atoms with van der Waals surface area (Å²) >= 11 is 1.03. The highest BCUT2D eigenvalue weighted by molar-refractivity contribution is 8.18. The molecule has 7 nitrogen and oxygen atoms in total. The zero-order valence-corrected chi connectivity index (χ0v) is 17.8. The molecule has 1 aliphatic rings. The van der Waals surface area contributed by atoms with Crippen LogP contribution in [0.2, 0.25) is 0 Å². The minimum absolute atomic E-state index is 0.110. The summed E-state index contributed by atoms with van der Waals surface area (Å²) in [6, 6.07) is 8.66. The lowest BCUT2D eigenvalue weighted by Crippen LogP contribution is -2.12. The number of phenolic OH excluding ortho intramolecular Hbond substituents is 1. The average Bonchev–Trinajstić information content (AvgIpc) is 3.03. The minimum atomic E-state index is -0.744. The third kappa shape index (κ3) is 4.83. The maximum Gasteiger partial charge on any atom is 0.344 e. The summed E-state index contributed by atoms with van der Waals surface area (Å²) < 4.78 is 28.9. The van der Waals surface area contributed by atoms with Gasteiger partial charge in [-0.25, -0.2) is 14.2 Å². The highest BCUT2D eigenvalue weighted by Gasteiger charge is 2.33. The number of aliphatic hydroxyl groups excluding tert-OH is 1. The van der Waals surface area contributed by atoms with E-state index in [0.29, 0.717) is 10.5 Å². The highest BCUT2D eigenvalue weighted by atomic mass is 32.2. The second-order valence-corrected chi connectivity index (χ2v) is 7.26. The van der Waals surface area contributed by atoms with E-state index in [1.807, 2.05) is 0 Å². The third-order valence-electron chi connectivity index (χ3n) is 4.21. The Morgan fingerprint density at radius 1 is 1.16 bits per heavy atom. The molecule has 0 unspecified atom stereocenters. The molecule has 0 saturated heterocycles. The lowest BCUT2D eigenvalue weighted by Gasteiger charge is -2.10. The number of aliphatic imine (C=N–C) groups is 1. The van der Waals surface area contributed by atoms with Gasteiger partial charge in [0.1, 0.15) is 22.2 Å². The lowest BCUT2D eigenvalue weighted by molar-refractivity contribution is -0.138. The standard InChI is InChI=1S/C22H20FNO6S/c1-4-30-22(27)18-20(26)17(31-21(18)24-14-7-5-6-13(23)11-14)10-12-8-15(28-2)19(25)16(9-12)29-3/h5-11,25-26H,4H2,1-3H3/b17-10+,24-21?. The monoisotopic (exact) mass is 445 g/mol. The summed E-state index contributed by atoms with van der Waals surface area (Å²) in [5.74, 6) is -1.34. The predicted molar refractivity (Wildman–Crippen MR) is 117 cm³/mol. The number of rotatable bonds is 6. The summed E-state index contributed by atoms with van der Waals surface area (Å²) in [5, 5.41) is 21.0. The number of aliphatic hydroxyl groups is 1. The van der Waals surface area contributed by atoms with Gasteiger partial charge in [0.15, 0.2) is 11.5 Å². The molecule has 1 aliphatic heterocycles. The van der Waals surface area contributed by atoms with E-state index < -0.39 is 11.8 Å². The molecule has 2 aromatic carbocycles. The van der Waals surface area contributed by atoms with Gasteiger partial charge in [-0.2, -0.15) is 0 Å². The van der Waals surface area contributed by atoms with Gasteiger partial charge in [0, 0.05) is 0 Å². The first kappa shape index (κ1) is 22.2. The van der Waals surface area contributed by atoms with E-state index in [-0.39, 0.29) is 45.9 Å². The van der Waals surface area contributed by atoms with Crippen molar-refractivity contribution in [2.45, 2.75) is 6.92 Å². The minimum Gasteiger partial charge on any atom is -0.506 e. The van der Waals surface area contributed by atoms with Gasteiger partial charge in [-0.05, 0) is 48.9 Å². The Kier molecular flexibility index (Phi) is 6.86. The molecule has 2 aromatic rings. The second kappa shape index (κ2) is 9.57. The number of esters is 1. The van der Waals surface area contributed by atoms with Crippen molar-refractivity contribution in [3.63, 3.8) is 0 Å². The highest BCUT2D eigenvalue weighted by Crippen LogP contribution is 2.42. The number of nitrogens with zero attached hydrogens (tertiary/aromatic N) is 1. The average molecular weight is 445 g/mol. The van der Waals surface area contributed by atoms with Crippen LogP contribution in [-0.4, -0.2) is 42.1 Å². The largest absolute Gasteiger partial charge is 0.506 e. The summed E-state index contributed by atoms with van der Waals surface area (Å²) in [6.07, 6.45) is 1.58. The zero-order chi connectivity index (χ0) is 22.5. The second-order valence-electron chi connectivity index (χ2n) is 6.23. The van der Waals surface area contributed by atoms with Gasteiger partial charge < -0.3 is 24.4 Å². The number of carbonyl (C=O) groups excluding carboxylic acids is 1. The van der Waals surface area contributed by atoms with Gasteiger partial charge in [-0.15, -0.1) is 0 Å². The number of phenols is 1. The summed E-state index contributed by atoms with van der Waals surface area (Å²) in [7, 11) is 2.80. The number of ether oxygens (including phenoxy) is 3.